The summed E-state index contributed by atoms with van der Waals surface area (Å²) in [6.45, 7) is 0.175. The van der Waals surface area contributed by atoms with Crippen molar-refractivity contribution >= 4 is 41.2 Å². The molecule has 150 valence electrons. The monoisotopic (exact) mass is 440 g/mol. The van der Waals surface area contributed by atoms with Gasteiger partial charge in [0.05, 0.1) is 28.4 Å². The summed E-state index contributed by atoms with van der Waals surface area (Å²) >= 11 is 11.7. The number of nitrogens with one attached hydrogen (secondary N) is 1. The third kappa shape index (κ3) is 5.51. The molecule has 6 nitrogen and oxygen atoms in total. The zero-order valence-corrected chi connectivity index (χ0v) is 16.9. The van der Waals surface area contributed by atoms with Crippen molar-refractivity contribution in [3.63, 3.8) is 0 Å². The van der Waals surface area contributed by atoms with E-state index in [0.29, 0.717) is 22.1 Å². The van der Waals surface area contributed by atoms with E-state index in [1.807, 2.05) is 6.07 Å². The van der Waals surface area contributed by atoms with Crippen LogP contribution in [-0.2, 0) is 11.3 Å². The highest BCUT2D eigenvalue weighted by molar-refractivity contribution is 6.42. The second-order valence-electron chi connectivity index (χ2n) is 6.02. The predicted octanol–water partition coefficient (Wildman–Crippen LogP) is 5.03. The van der Waals surface area contributed by atoms with Crippen molar-refractivity contribution in [3.05, 3.63) is 93.4 Å². The van der Waals surface area contributed by atoms with Crippen molar-refractivity contribution in [2.75, 3.05) is 0 Å². The van der Waals surface area contributed by atoms with E-state index in [0.717, 1.165) is 0 Å². The maximum atomic E-state index is 12.2. The molecule has 0 aliphatic carbocycles. The van der Waals surface area contributed by atoms with E-state index < -0.39 is 11.9 Å². The van der Waals surface area contributed by atoms with Gasteiger partial charge in [-0.15, -0.1) is 0 Å². The molecule has 0 spiro atoms. The lowest BCUT2D eigenvalue weighted by Crippen LogP contribution is -2.23. The van der Waals surface area contributed by atoms with Crippen LogP contribution in [0.5, 0.6) is 5.75 Å². The van der Waals surface area contributed by atoms with Crippen LogP contribution in [0.15, 0.2) is 70.9 Å². The number of hydrogen-bond donors (Lipinski definition) is 1. The highest BCUT2D eigenvalue weighted by Crippen LogP contribution is 2.23. The molecule has 0 unspecified atom stereocenters. The molecule has 30 heavy (non-hydrogen) atoms. The number of furan rings is 1. The van der Waals surface area contributed by atoms with Crippen LogP contribution in [0.1, 0.15) is 21.7 Å². The van der Waals surface area contributed by atoms with E-state index in [4.69, 9.17) is 32.4 Å². The number of halogens is 2. The summed E-state index contributed by atoms with van der Waals surface area (Å²) in [7, 11) is 0. The van der Waals surface area contributed by atoms with Crippen molar-refractivity contribution in [2.45, 2.75) is 6.54 Å². The largest absolute Gasteiger partial charge is 0.467 e. The van der Waals surface area contributed by atoms with Gasteiger partial charge in [-0.2, -0.15) is 5.26 Å². The SMILES string of the molecule is N#C/C(=C\c1ccc(OC(=O)c2ccc(Cl)c(Cl)c2)cc1)C(=O)NCc1ccco1. The minimum atomic E-state index is -0.591. The molecular weight excluding hydrogens is 427 g/mol. The Morgan fingerprint density at radius 1 is 1.10 bits per heavy atom. The first-order valence-electron chi connectivity index (χ1n) is 8.66. The highest BCUT2D eigenvalue weighted by atomic mass is 35.5. The lowest BCUT2D eigenvalue weighted by Gasteiger charge is -2.06. The Labute approximate surface area is 182 Å². The quantitative estimate of drug-likeness (QED) is 0.251. The molecule has 1 N–H and O–H groups in total. The summed E-state index contributed by atoms with van der Waals surface area (Å²) in [6, 6.07) is 16.1. The Kier molecular flexibility index (Phi) is 6.91. The first kappa shape index (κ1) is 21.2. The standard InChI is InChI=1S/C22H14Cl2N2O4/c23-19-8-5-15(11-20(19)24)22(28)30-17-6-3-14(4-7-17)10-16(12-25)21(27)26-13-18-2-1-9-29-18/h1-11H,13H2,(H,26,27)/b16-10+. The molecule has 0 fully saturated rings. The van der Waals surface area contributed by atoms with Gasteiger partial charge in [0, 0.05) is 0 Å². The average Bonchev–Trinajstić information content (AvgIpc) is 3.27. The normalized spacial score (nSPS) is 10.9. The van der Waals surface area contributed by atoms with Gasteiger partial charge in [-0.25, -0.2) is 4.79 Å². The van der Waals surface area contributed by atoms with Gasteiger partial charge < -0.3 is 14.5 Å². The summed E-state index contributed by atoms with van der Waals surface area (Å²) in [4.78, 5) is 24.4. The minimum Gasteiger partial charge on any atom is -0.467 e. The Hall–Kier alpha value is -3.53. The van der Waals surface area contributed by atoms with E-state index in [1.165, 1.54) is 30.5 Å². The Bertz CT molecular complexity index is 1130. The number of esters is 1. The Morgan fingerprint density at radius 3 is 2.50 bits per heavy atom. The van der Waals surface area contributed by atoms with E-state index in [-0.39, 0.29) is 22.7 Å². The summed E-state index contributed by atoms with van der Waals surface area (Å²) in [6.07, 6.45) is 2.93. The number of nitrogens with zero attached hydrogens (tertiary/aromatic N) is 1. The number of ether oxygens (including phenoxy) is 1. The third-order valence-electron chi connectivity index (χ3n) is 3.93. The molecule has 0 atom stereocenters. The van der Waals surface area contributed by atoms with Gasteiger partial charge in [0.2, 0.25) is 0 Å². The third-order valence-corrected chi connectivity index (χ3v) is 4.66. The van der Waals surface area contributed by atoms with Crippen LogP contribution >= 0.6 is 23.2 Å². The molecule has 3 aromatic rings. The van der Waals surface area contributed by atoms with Crippen molar-refractivity contribution < 1.29 is 18.7 Å². The highest BCUT2D eigenvalue weighted by Gasteiger charge is 2.12. The fraction of sp³-hybridized carbons (Fsp3) is 0.0455. The van der Waals surface area contributed by atoms with Crippen molar-refractivity contribution in [2.24, 2.45) is 0 Å². The van der Waals surface area contributed by atoms with Crippen LogP contribution in [-0.4, -0.2) is 11.9 Å². The maximum absolute atomic E-state index is 12.2. The molecule has 1 aromatic heterocycles. The molecule has 0 saturated carbocycles. The van der Waals surface area contributed by atoms with Crippen molar-refractivity contribution in [3.8, 4) is 11.8 Å². The maximum Gasteiger partial charge on any atom is 0.343 e. The molecule has 2 aromatic carbocycles. The number of carbonyl (C=O) groups excluding carboxylic acids is 2. The van der Waals surface area contributed by atoms with Crippen LogP contribution in [0, 0.1) is 11.3 Å². The van der Waals surface area contributed by atoms with Gasteiger partial charge in [0.1, 0.15) is 23.2 Å². The summed E-state index contributed by atoms with van der Waals surface area (Å²) in [5.74, 6) is -0.242. The fourth-order valence-electron chi connectivity index (χ4n) is 2.41. The topological polar surface area (TPSA) is 92.3 Å². The predicted molar refractivity (Wildman–Crippen MR) is 112 cm³/mol. The zero-order valence-electron chi connectivity index (χ0n) is 15.4. The van der Waals surface area contributed by atoms with E-state index in [9.17, 15) is 14.9 Å². The van der Waals surface area contributed by atoms with Crippen LogP contribution in [0.4, 0.5) is 0 Å². The molecular formula is C22H14Cl2N2O4. The molecule has 0 aliphatic rings. The number of benzene rings is 2. The number of nitriles is 1. The molecule has 0 bridgehead atoms. The molecule has 0 saturated heterocycles. The minimum absolute atomic E-state index is 0.0675. The molecule has 1 heterocycles. The lowest BCUT2D eigenvalue weighted by molar-refractivity contribution is -0.117. The van der Waals surface area contributed by atoms with Gasteiger partial charge in [0.15, 0.2) is 0 Å². The van der Waals surface area contributed by atoms with Gasteiger partial charge >= 0.3 is 5.97 Å². The van der Waals surface area contributed by atoms with Crippen LogP contribution < -0.4 is 10.1 Å². The summed E-state index contributed by atoms with van der Waals surface area (Å²) in [5, 5.41) is 12.5. The molecule has 1 amide bonds. The Morgan fingerprint density at radius 2 is 1.87 bits per heavy atom. The summed E-state index contributed by atoms with van der Waals surface area (Å²) in [5.41, 5.74) is 0.782. The van der Waals surface area contributed by atoms with Crippen molar-refractivity contribution in [1.82, 2.24) is 5.32 Å². The lowest BCUT2D eigenvalue weighted by atomic mass is 10.1. The van der Waals surface area contributed by atoms with Gasteiger partial charge in [-0.05, 0) is 54.1 Å². The van der Waals surface area contributed by atoms with E-state index in [2.05, 4.69) is 5.32 Å². The van der Waals surface area contributed by atoms with Crippen LogP contribution in [0.25, 0.3) is 6.08 Å². The second-order valence-corrected chi connectivity index (χ2v) is 6.83. The molecule has 8 heteroatoms. The van der Waals surface area contributed by atoms with Gasteiger partial charge in [0.25, 0.3) is 5.91 Å². The smallest absolute Gasteiger partial charge is 0.343 e. The number of amides is 1. The average molecular weight is 441 g/mol. The molecule has 0 aliphatic heterocycles. The van der Waals surface area contributed by atoms with E-state index >= 15 is 0 Å². The van der Waals surface area contributed by atoms with Gasteiger partial charge in [-0.1, -0.05) is 35.3 Å². The fourth-order valence-corrected chi connectivity index (χ4v) is 2.71. The van der Waals surface area contributed by atoms with E-state index in [1.54, 1.807) is 36.4 Å². The summed E-state index contributed by atoms with van der Waals surface area (Å²) < 4.78 is 10.4. The first-order valence-corrected chi connectivity index (χ1v) is 9.41. The first-order chi connectivity index (χ1) is 14.5. The molecule has 3 rings (SSSR count). The number of hydrogen-bond acceptors (Lipinski definition) is 5. The van der Waals surface area contributed by atoms with Crippen LogP contribution in [0.2, 0.25) is 10.0 Å². The number of rotatable bonds is 6. The Balaban J connectivity index is 1.64. The van der Waals surface area contributed by atoms with Crippen LogP contribution in [0.3, 0.4) is 0 Å². The van der Waals surface area contributed by atoms with Gasteiger partial charge in [-0.3, -0.25) is 4.79 Å². The number of carbonyl (C=O) groups is 2. The second kappa shape index (κ2) is 9.79. The molecule has 0 radical (unpaired) electrons. The zero-order chi connectivity index (χ0) is 21.5. The van der Waals surface area contributed by atoms with Crippen molar-refractivity contribution in [1.29, 1.82) is 5.26 Å².